The standard InChI is InChI=1S/C11H16N2O2/c1-8-5-6-12-9(7-8)13-10(14)15-11(2,3)4/h5-7H,1-4H3,(H,12,13,14)/p+1. The van der Waals surface area contributed by atoms with Crippen LogP contribution < -0.4 is 5.32 Å². The lowest BCUT2D eigenvalue weighted by Gasteiger charge is -2.16. The average molecular weight is 209 g/mol. The summed E-state index contributed by atoms with van der Waals surface area (Å²) in [7, 11) is 0. The normalized spacial score (nSPS) is 11.2. The van der Waals surface area contributed by atoms with Gasteiger partial charge in [0.05, 0.1) is 0 Å². The Labute approximate surface area is 89.7 Å². The summed E-state index contributed by atoms with van der Waals surface area (Å²) in [6, 6.07) is 3.72. The lowest BCUT2D eigenvalue weighted by Crippen LogP contribution is -2.83. The SMILES string of the molecule is Cc1ccnc([NH2+]C(=O)OC(C)(C)C)c1. The molecule has 0 aliphatic carbocycles. The highest BCUT2D eigenvalue weighted by Crippen LogP contribution is 2.06. The van der Waals surface area contributed by atoms with Crippen LogP contribution in [-0.2, 0) is 4.74 Å². The molecule has 0 radical (unpaired) electrons. The molecule has 1 amide bonds. The fourth-order valence-electron chi connectivity index (χ4n) is 1.09. The smallest absolute Gasteiger partial charge is 0.414 e. The Morgan fingerprint density at radius 3 is 2.67 bits per heavy atom. The van der Waals surface area contributed by atoms with Crippen molar-refractivity contribution in [2.45, 2.75) is 33.3 Å². The van der Waals surface area contributed by atoms with E-state index in [-0.39, 0.29) is 6.09 Å². The second-order valence-corrected chi connectivity index (χ2v) is 4.44. The zero-order valence-corrected chi connectivity index (χ0v) is 9.57. The predicted octanol–water partition coefficient (Wildman–Crippen LogP) is 1.52. The van der Waals surface area contributed by atoms with Crippen LogP contribution >= 0.6 is 0 Å². The number of pyridine rings is 1. The number of hydrogen-bond donors (Lipinski definition) is 1. The topological polar surface area (TPSA) is 55.8 Å². The number of nitrogens with two attached hydrogens (primary N) is 1. The number of primary amides is 1. The van der Waals surface area contributed by atoms with Crippen molar-refractivity contribution in [1.82, 2.24) is 4.98 Å². The molecule has 0 saturated heterocycles. The summed E-state index contributed by atoms with van der Waals surface area (Å²) >= 11 is 0. The number of amides is 1. The van der Waals surface area contributed by atoms with Gasteiger partial charge in [-0.25, -0.2) is 4.98 Å². The van der Waals surface area contributed by atoms with E-state index in [0.717, 1.165) is 5.56 Å². The third kappa shape index (κ3) is 4.56. The summed E-state index contributed by atoms with van der Waals surface area (Å²) in [4.78, 5) is 15.5. The quantitative estimate of drug-likeness (QED) is 0.763. The summed E-state index contributed by atoms with van der Waals surface area (Å²) in [5.74, 6) is 0.629. The van der Waals surface area contributed by atoms with Gasteiger partial charge in [-0.3, -0.25) is 0 Å². The number of aryl methyl sites for hydroxylation is 1. The molecular formula is C11H17N2O2+. The lowest BCUT2D eigenvalue weighted by atomic mass is 10.2. The fourth-order valence-corrected chi connectivity index (χ4v) is 1.09. The second-order valence-electron chi connectivity index (χ2n) is 4.44. The van der Waals surface area contributed by atoms with Gasteiger partial charge in [-0.1, -0.05) is 0 Å². The van der Waals surface area contributed by atoms with Crippen molar-refractivity contribution in [2.75, 3.05) is 0 Å². The van der Waals surface area contributed by atoms with E-state index in [1.807, 2.05) is 39.8 Å². The van der Waals surface area contributed by atoms with E-state index < -0.39 is 5.60 Å². The molecule has 4 nitrogen and oxygen atoms in total. The minimum absolute atomic E-state index is 0.361. The first-order valence-corrected chi connectivity index (χ1v) is 4.87. The number of carbonyl (C=O) groups is 1. The summed E-state index contributed by atoms with van der Waals surface area (Å²) in [6.45, 7) is 7.46. The largest absolute Gasteiger partial charge is 0.519 e. The van der Waals surface area contributed by atoms with Crippen LogP contribution in [0.4, 0.5) is 10.6 Å². The van der Waals surface area contributed by atoms with Gasteiger partial charge in [-0.15, -0.1) is 0 Å². The van der Waals surface area contributed by atoms with Gasteiger partial charge >= 0.3 is 6.09 Å². The Hall–Kier alpha value is -1.42. The Balaban J connectivity index is 2.59. The Morgan fingerprint density at radius 1 is 1.47 bits per heavy atom. The second kappa shape index (κ2) is 4.40. The van der Waals surface area contributed by atoms with Crippen molar-refractivity contribution in [1.29, 1.82) is 0 Å². The van der Waals surface area contributed by atoms with Gasteiger partial charge in [0.15, 0.2) is 0 Å². The molecule has 0 atom stereocenters. The molecule has 2 N–H and O–H groups in total. The molecule has 1 rings (SSSR count). The van der Waals surface area contributed by atoms with Crippen molar-refractivity contribution >= 4 is 11.9 Å². The molecular weight excluding hydrogens is 192 g/mol. The van der Waals surface area contributed by atoms with E-state index in [4.69, 9.17) is 4.74 Å². The number of ether oxygens (including phenoxy) is 1. The van der Waals surface area contributed by atoms with E-state index >= 15 is 0 Å². The molecule has 0 aromatic carbocycles. The first-order chi connectivity index (χ1) is 6.87. The van der Waals surface area contributed by atoms with Gasteiger partial charge in [-0.05, 0) is 39.3 Å². The maximum absolute atomic E-state index is 11.4. The van der Waals surface area contributed by atoms with Gasteiger partial charge in [-0.2, -0.15) is 10.1 Å². The summed E-state index contributed by atoms with van der Waals surface area (Å²) in [6.07, 6.45) is 1.31. The van der Waals surface area contributed by atoms with Gasteiger partial charge < -0.3 is 4.74 Å². The molecule has 0 unspecified atom stereocenters. The summed E-state index contributed by atoms with van der Waals surface area (Å²) in [5, 5.41) is 1.40. The van der Waals surface area contributed by atoms with Crippen molar-refractivity contribution in [3.8, 4) is 0 Å². The molecule has 0 bridgehead atoms. The number of quaternary nitrogens is 1. The van der Waals surface area contributed by atoms with Crippen LogP contribution in [0.15, 0.2) is 18.3 Å². The Bertz CT molecular complexity index is 356. The maximum atomic E-state index is 11.4. The average Bonchev–Trinajstić information content (AvgIpc) is 1.99. The van der Waals surface area contributed by atoms with Crippen molar-refractivity contribution < 1.29 is 14.8 Å². The molecule has 1 aromatic rings. The van der Waals surface area contributed by atoms with Gasteiger partial charge in [0, 0.05) is 12.3 Å². The van der Waals surface area contributed by atoms with E-state index in [1.54, 1.807) is 6.20 Å². The highest BCUT2D eigenvalue weighted by atomic mass is 16.6. The number of hydrogen-bond acceptors (Lipinski definition) is 3. The molecule has 15 heavy (non-hydrogen) atoms. The highest BCUT2D eigenvalue weighted by Gasteiger charge is 2.20. The number of aromatic nitrogens is 1. The van der Waals surface area contributed by atoms with Crippen molar-refractivity contribution in [3.63, 3.8) is 0 Å². The molecule has 0 aliphatic heterocycles. The van der Waals surface area contributed by atoms with Crippen molar-refractivity contribution in [2.24, 2.45) is 0 Å². The fraction of sp³-hybridized carbons (Fsp3) is 0.455. The Morgan fingerprint density at radius 2 is 2.13 bits per heavy atom. The first-order valence-electron chi connectivity index (χ1n) is 4.87. The van der Waals surface area contributed by atoms with E-state index in [9.17, 15) is 4.79 Å². The zero-order valence-electron chi connectivity index (χ0n) is 9.57. The molecule has 1 heterocycles. The summed E-state index contributed by atoms with van der Waals surface area (Å²) in [5.41, 5.74) is 0.608. The first kappa shape index (κ1) is 11.7. The van der Waals surface area contributed by atoms with E-state index in [0.29, 0.717) is 5.82 Å². The Kier molecular flexibility index (Phi) is 3.42. The predicted molar refractivity (Wildman–Crippen MR) is 56.8 cm³/mol. The molecule has 0 saturated carbocycles. The molecule has 82 valence electrons. The highest BCUT2D eigenvalue weighted by molar-refractivity contribution is 5.58. The number of rotatable bonds is 1. The van der Waals surface area contributed by atoms with Crippen LogP contribution in [0.5, 0.6) is 0 Å². The molecule has 0 spiro atoms. The van der Waals surface area contributed by atoms with Crippen LogP contribution in [0, 0.1) is 6.92 Å². The summed E-state index contributed by atoms with van der Waals surface area (Å²) < 4.78 is 5.15. The third-order valence-corrected chi connectivity index (χ3v) is 1.61. The third-order valence-electron chi connectivity index (χ3n) is 1.61. The minimum atomic E-state index is -0.461. The van der Waals surface area contributed by atoms with E-state index in [1.165, 1.54) is 5.32 Å². The maximum Gasteiger partial charge on any atom is 0.519 e. The number of nitrogens with zero attached hydrogens (tertiary/aromatic N) is 1. The molecule has 1 aromatic heterocycles. The molecule has 0 aliphatic rings. The van der Waals surface area contributed by atoms with Crippen LogP contribution in [0.2, 0.25) is 0 Å². The van der Waals surface area contributed by atoms with Crippen LogP contribution in [0.25, 0.3) is 0 Å². The minimum Gasteiger partial charge on any atom is -0.414 e. The van der Waals surface area contributed by atoms with Gasteiger partial charge in [0.2, 0.25) is 5.82 Å². The van der Waals surface area contributed by atoms with Gasteiger partial charge in [0.25, 0.3) is 0 Å². The monoisotopic (exact) mass is 209 g/mol. The molecule has 4 heteroatoms. The zero-order chi connectivity index (χ0) is 11.5. The van der Waals surface area contributed by atoms with Gasteiger partial charge in [0.1, 0.15) is 5.60 Å². The van der Waals surface area contributed by atoms with Crippen LogP contribution in [0.1, 0.15) is 26.3 Å². The van der Waals surface area contributed by atoms with E-state index in [2.05, 4.69) is 4.98 Å². The van der Waals surface area contributed by atoms with Crippen LogP contribution in [0.3, 0.4) is 0 Å². The lowest BCUT2D eigenvalue weighted by molar-refractivity contribution is -0.490. The van der Waals surface area contributed by atoms with Crippen molar-refractivity contribution in [3.05, 3.63) is 23.9 Å². The van der Waals surface area contributed by atoms with Crippen LogP contribution in [-0.4, -0.2) is 16.7 Å². The number of carbonyl (C=O) groups excluding carboxylic acids is 1. The molecule has 0 fully saturated rings.